The Morgan fingerprint density at radius 2 is 2.10 bits per heavy atom. The van der Waals surface area contributed by atoms with Crippen molar-refractivity contribution in [3.63, 3.8) is 0 Å². The summed E-state index contributed by atoms with van der Waals surface area (Å²) in [5.41, 5.74) is 5.35. The van der Waals surface area contributed by atoms with Crippen molar-refractivity contribution in [3.8, 4) is 0 Å². The molecule has 0 aliphatic heterocycles. The Morgan fingerprint density at radius 1 is 1.30 bits per heavy atom. The third-order valence-corrected chi connectivity index (χ3v) is 2.37. The molecule has 0 bridgehead atoms. The fourth-order valence-electron chi connectivity index (χ4n) is 0.593. The number of nitrogens with two attached hydrogens (primary N) is 1. The van der Waals surface area contributed by atoms with E-state index in [9.17, 15) is 0 Å². The molecule has 0 rings (SSSR count). The lowest BCUT2D eigenvalue weighted by Gasteiger charge is -2.00. The van der Waals surface area contributed by atoms with Crippen molar-refractivity contribution in [2.75, 3.05) is 33.1 Å². The van der Waals surface area contributed by atoms with Crippen molar-refractivity contribution in [2.24, 2.45) is 5.73 Å². The molecular formula is C6H17NO2Si. The summed E-state index contributed by atoms with van der Waals surface area (Å²) in [4.78, 5) is 0. The van der Waals surface area contributed by atoms with Gasteiger partial charge in [0.25, 0.3) is 0 Å². The minimum absolute atomic E-state index is 0.000592. The molecule has 0 saturated heterocycles. The van der Waals surface area contributed by atoms with Gasteiger partial charge in [0.2, 0.25) is 0 Å². The Morgan fingerprint density at radius 3 is 2.70 bits per heavy atom. The molecule has 10 heavy (non-hydrogen) atoms. The van der Waals surface area contributed by atoms with Gasteiger partial charge in [0, 0.05) is 23.2 Å². The highest BCUT2D eigenvalue weighted by atomic mass is 28.2. The highest BCUT2D eigenvalue weighted by molar-refractivity contribution is 6.35. The van der Waals surface area contributed by atoms with Crippen LogP contribution in [-0.4, -0.2) is 42.6 Å². The lowest BCUT2D eigenvalue weighted by molar-refractivity contribution is 0.0777. The molecule has 4 heteroatoms. The molecule has 0 fully saturated rings. The van der Waals surface area contributed by atoms with Crippen LogP contribution in [0.25, 0.3) is 0 Å². The summed E-state index contributed by atoms with van der Waals surface area (Å²) in [5.74, 6) is 0. The molecule has 0 heterocycles. The molecule has 0 spiro atoms. The van der Waals surface area contributed by atoms with Gasteiger partial charge in [0.15, 0.2) is 0 Å². The van der Waals surface area contributed by atoms with Gasteiger partial charge in [-0.15, -0.1) is 0 Å². The molecule has 2 N–H and O–H groups in total. The number of hydrogen-bond donors (Lipinski definition) is 1. The van der Waals surface area contributed by atoms with Crippen molar-refractivity contribution >= 4 is 9.52 Å². The molecule has 0 aliphatic carbocycles. The third kappa shape index (κ3) is 8.10. The fraction of sp³-hybridized carbons (Fsp3) is 1.00. The van der Waals surface area contributed by atoms with Crippen LogP contribution in [-0.2, 0) is 9.47 Å². The monoisotopic (exact) mass is 163 g/mol. The molecule has 0 aliphatic rings. The van der Waals surface area contributed by atoms with Gasteiger partial charge in [-0.25, -0.2) is 0 Å². The summed E-state index contributed by atoms with van der Waals surface area (Å²) in [5, 5.41) is 0. The van der Waals surface area contributed by atoms with Gasteiger partial charge in [-0.2, -0.15) is 0 Å². The van der Waals surface area contributed by atoms with Crippen molar-refractivity contribution in [1.82, 2.24) is 0 Å². The predicted octanol–water partition coefficient (Wildman–Crippen LogP) is -0.847. The Kier molecular flexibility index (Phi) is 9.19. The predicted molar refractivity (Wildman–Crippen MR) is 45.1 cm³/mol. The summed E-state index contributed by atoms with van der Waals surface area (Å²) in [6.07, 6.45) is 0.896. The maximum Gasteiger partial charge on any atom is 0.0700 e. The average Bonchev–Trinajstić information content (AvgIpc) is 1.97. The summed E-state index contributed by atoms with van der Waals surface area (Å²) in [6, 6.07) is 1.19. The van der Waals surface area contributed by atoms with Gasteiger partial charge in [-0.1, -0.05) is 0 Å². The molecule has 0 unspecified atom stereocenters. The SMILES string of the molecule is COCCOCC[SiH2]CN. The summed E-state index contributed by atoms with van der Waals surface area (Å²) in [7, 11) is 1.68. The minimum Gasteiger partial charge on any atom is -0.382 e. The molecule has 62 valence electrons. The van der Waals surface area contributed by atoms with E-state index in [1.165, 1.54) is 6.04 Å². The van der Waals surface area contributed by atoms with Crippen LogP contribution in [0.4, 0.5) is 0 Å². The molecule has 0 aromatic carbocycles. The summed E-state index contributed by atoms with van der Waals surface area (Å²) in [6.45, 7) is 2.28. The quantitative estimate of drug-likeness (QED) is 0.393. The van der Waals surface area contributed by atoms with Crippen LogP contribution in [0.15, 0.2) is 0 Å². The number of ether oxygens (including phenoxy) is 2. The van der Waals surface area contributed by atoms with Gasteiger partial charge < -0.3 is 15.2 Å². The van der Waals surface area contributed by atoms with Crippen molar-refractivity contribution in [2.45, 2.75) is 6.04 Å². The van der Waals surface area contributed by atoms with Crippen molar-refractivity contribution in [3.05, 3.63) is 0 Å². The van der Waals surface area contributed by atoms with Crippen LogP contribution in [0, 0.1) is 0 Å². The van der Waals surface area contributed by atoms with Gasteiger partial charge >= 0.3 is 0 Å². The topological polar surface area (TPSA) is 44.5 Å². The fourth-order valence-corrected chi connectivity index (χ4v) is 1.29. The van der Waals surface area contributed by atoms with E-state index in [0.717, 1.165) is 19.4 Å². The van der Waals surface area contributed by atoms with Gasteiger partial charge in [0.05, 0.1) is 13.2 Å². The largest absolute Gasteiger partial charge is 0.382 e. The molecule has 0 saturated carbocycles. The first-order chi connectivity index (χ1) is 4.91. The van der Waals surface area contributed by atoms with E-state index in [1.807, 2.05) is 0 Å². The van der Waals surface area contributed by atoms with E-state index in [0.29, 0.717) is 6.61 Å². The van der Waals surface area contributed by atoms with E-state index in [4.69, 9.17) is 15.2 Å². The second kappa shape index (κ2) is 9.10. The Hall–Kier alpha value is 0.0969. The van der Waals surface area contributed by atoms with Crippen LogP contribution in [0.3, 0.4) is 0 Å². The van der Waals surface area contributed by atoms with Crippen LogP contribution >= 0.6 is 0 Å². The average molecular weight is 163 g/mol. The van der Waals surface area contributed by atoms with E-state index in [1.54, 1.807) is 7.11 Å². The zero-order valence-corrected chi connectivity index (χ0v) is 8.05. The van der Waals surface area contributed by atoms with E-state index in [2.05, 4.69) is 0 Å². The lowest BCUT2D eigenvalue weighted by Crippen LogP contribution is -2.11. The first kappa shape index (κ1) is 10.1. The molecular weight excluding hydrogens is 146 g/mol. The molecule has 3 nitrogen and oxygen atoms in total. The lowest BCUT2D eigenvalue weighted by atomic mass is 10.7. The zero-order valence-electron chi connectivity index (χ0n) is 6.64. The molecule has 0 amide bonds. The van der Waals surface area contributed by atoms with E-state index in [-0.39, 0.29) is 9.52 Å². The van der Waals surface area contributed by atoms with E-state index >= 15 is 0 Å². The first-order valence-corrected chi connectivity index (χ1v) is 5.68. The van der Waals surface area contributed by atoms with Gasteiger partial charge in [0.1, 0.15) is 0 Å². The van der Waals surface area contributed by atoms with Crippen LogP contribution in [0.1, 0.15) is 0 Å². The molecule has 0 aromatic heterocycles. The normalized spacial score (nSPS) is 11.4. The molecule has 0 aromatic rings. The Balaban J connectivity index is 2.65. The minimum atomic E-state index is -0.000592. The Labute approximate surface area is 64.7 Å². The van der Waals surface area contributed by atoms with Crippen LogP contribution < -0.4 is 5.73 Å². The second-order valence-corrected chi connectivity index (χ2v) is 4.09. The van der Waals surface area contributed by atoms with Gasteiger partial charge in [-0.05, 0) is 12.2 Å². The standard InChI is InChI=1S/C6H17NO2Si/c1-8-2-3-9-4-5-10-6-7/h2-7,10H2,1H3. The first-order valence-electron chi connectivity index (χ1n) is 3.68. The van der Waals surface area contributed by atoms with Gasteiger partial charge in [-0.3, -0.25) is 0 Å². The number of methoxy groups -OCH3 is 1. The molecule has 0 radical (unpaired) electrons. The zero-order chi connectivity index (χ0) is 7.66. The maximum absolute atomic E-state index is 5.35. The van der Waals surface area contributed by atoms with E-state index < -0.39 is 0 Å². The number of hydrogen-bond acceptors (Lipinski definition) is 3. The Bertz CT molecular complexity index is 55.7. The van der Waals surface area contributed by atoms with Crippen LogP contribution in [0.5, 0.6) is 0 Å². The summed E-state index contributed by atoms with van der Waals surface area (Å²) >= 11 is 0. The maximum atomic E-state index is 5.35. The molecule has 0 atom stereocenters. The summed E-state index contributed by atoms with van der Waals surface area (Å²) < 4.78 is 10.0. The van der Waals surface area contributed by atoms with Crippen molar-refractivity contribution < 1.29 is 9.47 Å². The smallest absolute Gasteiger partial charge is 0.0700 e. The number of rotatable bonds is 7. The van der Waals surface area contributed by atoms with Crippen molar-refractivity contribution in [1.29, 1.82) is 0 Å². The van der Waals surface area contributed by atoms with Crippen LogP contribution in [0.2, 0.25) is 6.04 Å². The highest BCUT2D eigenvalue weighted by Crippen LogP contribution is 1.81. The highest BCUT2D eigenvalue weighted by Gasteiger charge is 1.87. The third-order valence-electron chi connectivity index (χ3n) is 1.17. The second-order valence-electron chi connectivity index (χ2n) is 2.10.